The van der Waals surface area contributed by atoms with Gasteiger partial charge in [0.15, 0.2) is 0 Å². The van der Waals surface area contributed by atoms with Gasteiger partial charge in [-0.1, -0.05) is 28.1 Å². The maximum absolute atomic E-state index is 4.44. The molecular weight excluding hydrogens is 240 g/mol. The molecule has 74 valence electrons. The van der Waals surface area contributed by atoms with Crippen molar-refractivity contribution in [2.75, 3.05) is 13.1 Å². The van der Waals surface area contributed by atoms with E-state index in [9.17, 15) is 0 Å². The van der Waals surface area contributed by atoms with Gasteiger partial charge in [-0.3, -0.25) is 4.99 Å². The van der Waals surface area contributed by atoms with E-state index < -0.39 is 0 Å². The van der Waals surface area contributed by atoms with Gasteiger partial charge in [0.2, 0.25) is 0 Å². The van der Waals surface area contributed by atoms with Crippen molar-refractivity contribution in [1.29, 1.82) is 0 Å². The standard InChI is InChI=1S/C11H13BrN2/c12-10-4-2-9(3-5-10)8-11-13-6-1-7-14-11/h2-5H,1,6-8H2,(H,13,14). The number of hydrogen-bond donors (Lipinski definition) is 1. The first kappa shape index (κ1) is 9.71. The topological polar surface area (TPSA) is 24.4 Å². The zero-order valence-corrected chi connectivity index (χ0v) is 9.55. The van der Waals surface area contributed by atoms with Crippen molar-refractivity contribution in [3.63, 3.8) is 0 Å². The normalized spacial score (nSPS) is 15.9. The molecular formula is C11H13BrN2. The summed E-state index contributed by atoms with van der Waals surface area (Å²) in [6.45, 7) is 2.04. The van der Waals surface area contributed by atoms with Crippen molar-refractivity contribution >= 4 is 21.8 Å². The number of hydrogen-bond acceptors (Lipinski definition) is 2. The Hall–Kier alpha value is -0.830. The molecule has 3 heteroatoms. The van der Waals surface area contributed by atoms with Gasteiger partial charge in [-0.15, -0.1) is 0 Å². The third-order valence-electron chi connectivity index (χ3n) is 2.25. The zero-order chi connectivity index (χ0) is 9.80. The van der Waals surface area contributed by atoms with Crippen LogP contribution in [0.3, 0.4) is 0 Å². The number of nitrogens with zero attached hydrogens (tertiary/aromatic N) is 1. The lowest BCUT2D eigenvalue weighted by molar-refractivity contribution is 0.731. The number of rotatable bonds is 2. The number of nitrogens with one attached hydrogen (secondary N) is 1. The second-order valence-electron chi connectivity index (χ2n) is 3.41. The van der Waals surface area contributed by atoms with Crippen LogP contribution in [-0.2, 0) is 6.42 Å². The van der Waals surface area contributed by atoms with Crippen LogP contribution in [0.2, 0.25) is 0 Å². The lowest BCUT2D eigenvalue weighted by atomic mass is 10.1. The highest BCUT2D eigenvalue weighted by molar-refractivity contribution is 9.10. The highest BCUT2D eigenvalue weighted by Gasteiger charge is 2.04. The van der Waals surface area contributed by atoms with E-state index in [0.29, 0.717) is 0 Å². The highest BCUT2D eigenvalue weighted by atomic mass is 79.9. The van der Waals surface area contributed by atoms with E-state index in [-0.39, 0.29) is 0 Å². The van der Waals surface area contributed by atoms with Crippen LogP contribution in [0.1, 0.15) is 12.0 Å². The molecule has 0 unspecified atom stereocenters. The van der Waals surface area contributed by atoms with Gasteiger partial charge in [-0.25, -0.2) is 0 Å². The zero-order valence-electron chi connectivity index (χ0n) is 7.96. The average Bonchev–Trinajstić information content (AvgIpc) is 2.23. The maximum Gasteiger partial charge on any atom is 0.101 e. The monoisotopic (exact) mass is 252 g/mol. The Kier molecular flexibility index (Phi) is 3.19. The van der Waals surface area contributed by atoms with E-state index in [4.69, 9.17) is 0 Å². The minimum Gasteiger partial charge on any atom is -0.373 e. The van der Waals surface area contributed by atoms with Crippen molar-refractivity contribution in [2.24, 2.45) is 4.99 Å². The third-order valence-corrected chi connectivity index (χ3v) is 2.78. The van der Waals surface area contributed by atoms with E-state index in [0.717, 1.165) is 36.2 Å². The molecule has 0 saturated carbocycles. The Morgan fingerprint density at radius 3 is 2.71 bits per heavy atom. The fourth-order valence-corrected chi connectivity index (χ4v) is 1.76. The fourth-order valence-electron chi connectivity index (χ4n) is 1.50. The molecule has 1 aromatic carbocycles. The molecule has 0 fully saturated rings. The Labute approximate surface area is 92.6 Å². The summed E-state index contributed by atoms with van der Waals surface area (Å²) >= 11 is 3.42. The molecule has 1 aromatic rings. The molecule has 1 N–H and O–H groups in total. The predicted molar refractivity (Wildman–Crippen MR) is 62.8 cm³/mol. The molecule has 0 spiro atoms. The average molecular weight is 253 g/mol. The van der Waals surface area contributed by atoms with E-state index in [2.05, 4.69) is 50.5 Å². The van der Waals surface area contributed by atoms with Crippen LogP contribution in [0.15, 0.2) is 33.7 Å². The lowest BCUT2D eigenvalue weighted by Gasteiger charge is -2.14. The van der Waals surface area contributed by atoms with E-state index in [1.54, 1.807) is 0 Å². The molecule has 2 nitrogen and oxygen atoms in total. The minimum absolute atomic E-state index is 0.924. The molecule has 0 radical (unpaired) electrons. The predicted octanol–water partition coefficient (Wildman–Crippen LogP) is 2.38. The number of benzene rings is 1. The first-order valence-corrected chi connectivity index (χ1v) is 5.65. The fraction of sp³-hybridized carbons (Fsp3) is 0.364. The number of halogens is 1. The highest BCUT2D eigenvalue weighted by Crippen LogP contribution is 2.11. The lowest BCUT2D eigenvalue weighted by Crippen LogP contribution is -2.30. The van der Waals surface area contributed by atoms with Gasteiger partial charge in [0.25, 0.3) is 0 Å². The molecule has 1 aliphatic heterocycles. The van der Waals surface area contributed by atoms with Gasteiger partial charge in [0.1, 0.15) is 5.84 Å². The SMILES string of the molecule is Brc1ccc(CC2=NCCCN2)cc1. The number of amidine groups is 1. The molecule has 2 rings (SSSR count). The molecule has 0 aromatic heterocycles. The van der Waals surface area contributed by atoms with Gasteiger partial charge < -0.3 is 5.32 Å². The first-order valence-electron chi connectivity index (χ1n) is 4.86. The smallest absolute Gasteiger partial charge is 0.101 e. The second-order valence-corrected chi connectivity index (χ2v) is 4.33. The van der Waals surface area contributed by atoms with Crippen molar-refractivity contribution < 1.29 is 0 Å². The maximum atomic E-state index is 4.44. The summed E-state index contributed by atoms with van der Waals surface area (Å²) in [5.41, 5.74) is 1.31. The van der Waals surface area contributed by atoms with Gasteiger partial charge in [-0.05, 0) is 24.1 Å². The van der Waals surface area contributed by atoms with Crippen molar-refractivity contribution in [3.05, 3.63) is 34.3 Å². The van der Waals surface area contributed by atoms with Crippen LogP contribution >= 0.6 is 15.9 Å². The Bertz CT molecular complexity index is 330. The Morgan fingerprint density at radius 2 is 2.07 bits per heavy atom. The van der Waals surface area contributed by atoms with Gasteiger partial charge in [-0.2, -0.15) is 0 Å². The third kappa shape index (κ3) is 2.58. The van der Waals surface area contributed by atoms with E-state index in [1.807, 2.05) is 0 Å². The molecule has 0 saturated heterocycles. The number of aliphatic imine (C=N–C) groups is 1. The largest absolute Gasteiger partial charge is 0.373 e. The van der Waals surface area contributed by atoms with Crippen LogP contribution in [0.4, 0.5) is 0 Å². The first-order chi connectivity index (χ1) is 6.84. The van der Waals surface area contributed by atoms with Gasteiger partial charge >= 0.3 is 0 Å². The van der Waals surface area contributed by atoms with Crippen molar-refractivity contribution in [1.82, 2.24) is 5.32 Å². The molecule has 0 atom stereocenters. The molecule has 1 aliphatic rings. The summed E-state index contributed by atoms with van der Waals surface area (Å²) in [6.07, 6.45) is 2.08. The Morgan fingerprint density at radius 1 is 1.29 bits per heavy atom. The summed E-state index contributed by atoms with van der Waals surface area (Å²) in [4.78, 5) is 4.44. The van der Waals surface area contributed by atoms with Crippen molar-refractivity contribution in [2.45, 2.75) is 12.8 Å². The molecule has 0 bridgehead atoms. The summed E-state index contributed by atoms with van der Waals surface area (Å²) in [6, 6.07) is 8.39. The van der Waals surface area contributed by atoms with Crippen LogP contribution in [0, 0.1) is 0 Å². The summed E-state index contributed by atoms with van der Waals surface area (Å²) < 4.78 is 1.12. The molecule has 0 amide bonds. The van der Waals surface area contributed by atoms with Gasteiger partial charge in [0, 0.05) is 24.0 Å². The van der Waals surface area contributed by atoms with E-state index in [1.165, 1.54) is 5.56 Å². The summed E-state index contributed by atoms with van der Waals surface area (Å²) in [5, 5.41) is 3.32. The van der Waals surface area contributed by atoms with Gasteiger partial charge in [0.05, 0.1) is 0 Å². The van der Waals surface area contributed by atoms with Crippen LogP contribution in [-0.4, -0.2) is 18.9 Å². The van der Waals surface area contributed by atoms with Crippen molar-refractivity contribution in [3.8, 4) is 0 Å². The molecule has 14 heavy (non-hydrogen) atoms. The quantitative estimate of drug-likeness (QED) is 0.859. The molecule has 0 aliphatic carbocycles. The van der Waals surface area contributed by atoms with Crippen LogP contribution in [0.5, 0.6) is 0 Å². The van der Waals surface area contributed by atoms with Crippen LogP contribution < -0.4 is 5.32 Å². The second kappa shape index (κ2) is 4.60. The summed E-state index contributed by atoms with van der Waals surface area (Å²) in [5.74, 6) is 1.12. The van der Waals surface area contributed by atoms with E-state index >= 15 is 0 Å². The minimum atomic E-state index is 0.924. The summed E-state index contributed by atoms with van der Waals surface area (Å²) in [7, 11) is 0. The molecule has 1 heterocycles. The van der Waals surface area contributed by atoms with Crippen LogP contribution in [0.25, 0.3) is 0 Å². The Balaban J connectivity index is 2.03.